The van der Waals surface area contributed by atoms with Crippen molar-refractivity contribution < 1.29 is 0 Å². The van der Waals surface area contributed by atoms with E-state index in [2.05, 4.69) is 73.3 Å². The Morgan fingerprint density at radius 2 is 1.39 bits per heavy atom. The van der Waals surface area contributed by atoms with Crippen molar-refractivity contribution in [1.82, 2.24) is 15.0 Å². The molecule has 8 bridgehead atoms. The summed E-state index contributed by atoms with van der Waals surface area (Å²) in [5, 5.41) is 3.58. The number of aryl methyl sites for hydroxylation is 4. The van der Waals surface area contributed by atoms with Crippen molar-refractivity contribution in [2.24, 2.45) is 0 Å². The normalized spacial score (nSPS) is 14.1. The average molecular weight is 371 g/mol. The molecule has 0 aromatic carbocycles. The van der Waals surface area contributed by atoms with Crippen LogP contribution in [0.2, 0.25) is 0 Å². The van der Waals surface area contributed by atoms with Gasteiger partial charge in [-0.3, -0.25) is 0 Å². The fraction of sp³-hybridized carbons (Fsp3) is 0.292. The van der Waals surface area contributed by atoms with E-state index in [-0.39, 0.29) is 0 Å². The molecule has 5 rings (SSSR count). The Balaban J connectivity index is 1.92. The molecular weight excluding hydrogens is 344 g/mol. The lowest BCUT2D eigenvalue weighted by Gasteiger charge is -2.01. The SMILES string of the molecule is Cc1c2cc(c(C)c3ccc([nH]3)c(C)c3nc(c(C)c4[nH]c1CC4)C=C3)NC2. The summed E-state index contributed by atoms with van der Waals surface area (Å²) in [6, 6.07) is 6.63. The first-order chi connectivity index (χ1) is 13.5. The van der Waals surface area contributed by atoms with Gasteiger partial charge in [-0.25, -0.2) is 4.98 Å². The van der Waals surface area contributed by atoms with Crippen LogP contribution in [0.1, 0.15) is 50.6 Å². The number of aromatic nitrogens is 3. The lowest BCUT2D eigenvalue weighted by Crippen LogP contribution is -1.95. The quantitative estimate of drug-likeness (QED) is 0.493. The van der Waals surface area contributed by atoms with Gasteiger partial charge in [-0.1, -0.05) is 0 Å². The third-order valence-electron chi connectivity index (χ3n) is 6.41. The molecule has 28 heavy (non-hydrogen) atoms. The number of nitrogens with zero attached hydrogens (tertiary/aromatic N) is 1. The third-order valence-corrected chi connectivity index (χ3v) is 6.41. The van der Waals surface area contributed by atoms with Gasteiger partial charge in [0.2, 0.25) is 0 Å². The lowest BCUT2D eigenvalue weighted by molar-refractivity contribution is 0.993. The average Bonchev–Trinajstić information content (AvgIpc) is 3.49. The van der Waals surface area contributed by atoms with Crippen LogP contribution in [0.15, 0.2) is 18.2 Å². The molecule has 0 atom stereocenters. The van der Waals surface area contributed by atoms with Crippen LogP contribution in [-0.4, -0.2) is 15.0 Å². The second-order valence-electron chi connectivity index (χ2n) is 8.02. The summed E-state index contributed by atoms with van der Waals surface area (Å²) in [7, 11) is 0. The molecule has 0 amide bonds. The molecular formula is C24H26N4. The van der Waals surface area contributed by atoms with E-state index in [0.29, 0.717) is 0 Å². The minimum absolute atomic E-state index is 0.883. The highest BCUT2D eigenvalue weighted by atomic mass is 14.9. The summed E-state index contributed by atoms with van der Waals surface area (Å²) in [5.41, 5.74) is 14.6. The monoisotopic (exact) mass is 370 g/mol. The van der Waals surface area contributed by atoms with Crippen LogP contribution in [0.25, 0.3) is 23.2 Å². The number of H-pyrrole nitrogens is 2. The summed E-state index contributed by atoms with van der Waals surface area (Å²) in [4.78, 5) is 12.2. The van der Waals surface area contributed by atoms with Gasteiger partial charge in [0.15, 0.2) is 0 Å². The van der Waals surface area contributed by atoms with Gasteiger partial charge >= 0.3 is 0 Å². The molecule has 0 aliphatic carbocycles. The molecule has 5 heterocycles. The molecule has 2 aromatic rings. The number of fused-ring (bicyclic) bond motifs is 8. The second-order valence-corrected chi connectivity index (χ2v) is 8.02. The lowest BCUT2D eigenvalue weighted by atomic mass is 10.1. The highest BCUT2D eigenvalue weighted by Crippen LogP contribution is 2.28. The Kier molecular flexibility index (Phi) is 3.83. The minimum atomic E-state index is 0.883. The smallest absolute Gasteiger partial charge is 0.0687 e. The van der Waals surface area contributed by atoms with E-state index in [1.807, 2.05) is 0 Å². The summed E-state index contributed by atoms with van der Waals surface area (Å²) < 4.78 is 0. The van der Waals surface area contributed by atoms with E-state index in [1.165, 1.54) is 44.9 Å². The molecule has 3 N–H and O–H groups in total. The van der Waals surface area contributed by atoms with Gasteiger partial charge in [0.1, 0.15) is 0 Å². The summed E-state index contributed by atoms with van der Waals surface area (Å²) in [5.74, 6) is 0. The second kappa shape index (κ2) is 6.26. The van der Waals surface area contributed by atoms with Crippen LogP contribution in [0.5, 0.6) is 0 Å². The van der Waals surface area contributed by atoms with Gasteiger partial charge < -0.3 is 15.3 Å². The topological polar surface area (TPSA) is 56.5 Å². The largest absolute Gasteiger partial charge is 0.381 e. The van der Waals surface area contributed by atoms with Crippen LogP contribution in [0.3, 0.4) is 0 Å². The van der Waals surface area contributed by atoms with Gasteiger partial charge in [-0.15, -0.1) is 0 Å². The summed E-state index contributed by atoms with van der Waals surface area (Å²) in [6.45, 7) is 9.61. The molecule has 4 heteroatoms. The van der Waals surface area contributed by atoms with Crippen molar-refractivity contribution in [3.8, 4) is 0 Å². The fourth-order valence-corrected chi connectivity index (χ4v) is 4.31. The molecule has 0 unspecified atom stereocenters. The van der Waals surface area contributed by atoms with Crippen molar-refractivity contribution in [1.29, 1.82) is 0 Å². The van der Waals surface area contributed by atoms with Gasteiger partial charge in [-0.2, -0.15) is 0 Å². The molecule has 0 fully saturated rings. The first-order valence-electron chi connectivity index (χ1n) is 10.0. The Hall–Kier alpha value is -3.01. The Bertz CT molecular complexity index is 1210. The highest BCUT2D eigenvalue weighted by molar-refractivity contribution is 5.78. The van der Waals surface area contributed by atoms with Crippen LogP contribution in [0, 0.1) is 27.7 Å². The maximum atomic E-state index is 4.92. The van der Waals surface area contributed by atoms with Gasteiger partial charge in [0.25, 0.3) is 0 Å². The molecule has 0 saturated carbocycles. The molecule has 4 nitrogen and oxygen atoms in total. The third kappa shape index (κ3) is 2.63. The summed E-state index contributed by atoms with van der Waals surface area (Å²) in [6.07, 6.45) is 6.38. The number of hydrogen-bond donors (Lipinski definition) is 3. The number of hydrogen-bond acceptors (Lipinski definition) is 2. The number of aromatic amines is 2. The van der Waals surface area contributed by atoms with E-state index in [4.69, 9.17) is 4.98 Å². The van der Waals surface area contributed by atoms with E-state index in [9.17, 15) is 0 Å². The Morgan fingerprint density at radius 1 is 0.750 bits per heavy atom. The van der Waals surface area contributed by atoms with Crippen molar-refractivity contribution in [3.05, 3.63) is 68.8 Å². The molecule has 0 saturated heterocycles. The number of rotatable bonds is 0. The maximum Gasteiger partial charge on any atom is 0.0687 e. The van der Waals surface area contributed by atoms with Crippen molar-refractivity contribution >= 4 is 28.9 Å². The fourth-order valence-electron chi connectivity index (χ4n) is 4.31. The standard InChI is InChI=1S/C24H26N4/c1-13-17-11-24(25-12-17)16(4)23-10-9-22(28-23)15(3)21-8-7-20(27-21)14(2)19-6-5-18(13)26-19/h7-11,25-26,28H,5-6,12H2,1-4H3. The molecule has 2 aromatic heterocycles. The predicted molar refractivity (Wildman–Crippen MR) is 117 cm³/mol. The predicted octanol–water partition coefficient (Wildman–Crippen LogP) is 5.44. The first-order valence-corrected chi connectivity index (χ1v) is 10.0. The molecule has 0 radical (unpaired) electrons. The van der Waals surface area contributed by atoms with Gasteiger partial charge in [0.05, 0.1) is 11.4 Å². The van der Waals surface area contributed by atoms with E-state index in [0.717, 1.165) is 41.8 Å². The Morgan fingerprint density at radius 3 is 2.14 bits per heavy atom. The molecule has 3 aliphatic heterocycles. The molecule has 142 valence electrons. The number of anilines is 1. The van der Waals surface area contributed by atoms with E-state index < -0.39 is 0 Å². The van der Waals surface area contributed by atoms with Crippen LogP contribution in [-0.2, 0) is 19.4 Å². The number of nitrogens with one attached hydrogen (secondary N) is 3. The zero-order chi connectivity index (χ0) is 19.4. The first kappa shape index (κ1) is 17.1. The van der Waals surface area contributed by atoms with E-state index >= 15 is 0 Å². The van der Waals surface area contributed by atoms with Crippen molar-refractivity contribution in [3.63, 3.8) is 0 Å². The highest BCUT2D eigenvalue weighted by Gasteiger charge is 2.16. The Labute approximate surface area is 165 Å². The van der Waals surface area contributed by atoms with Gasteiger partial charge in [-0.05, 0) is 98.7 Å². The van der Waals surface area contributed by atoms with Gasteiger partial charge in [0, 0.05) is 34.7 Å². The van der Waals surface area contributed by atoms with E-state index in [1.54, 1.807) is 0 Å². The van der Waals surface area contributed by atoms with Crippen molar-refractivity contribution in [2.75, 3.05) is 5.32 Å². The molecule has 3 aliphatic rings. The van der Waals surface area contributed by atoms with Crippen molar-refractivity contribution in [2.45, 2.75) is 47.1 Å². The maximum absolute atomic E-state index is 4.92. The van der Waals surface area contributed by atoms with Crippen LogP contribution in [0.4, 0.5) is 5.69 Å². The summed E-state index contributed by atoms with van der Waals surface area (Å²) >= 11 is 0. The molecule has 0 spiro atoms. The van der Waals surface area contributed by atoms with Crippen LogP contribution >= 0.6 is 0 Å². The zero-order valence-corrected chi connectivity index (χ0v) is 17.0. The zero-order valence-electron chi connectivity index (χ0n) is 17.0. The minimum Gasteiger partial charge on any atom is -0.381 e. The van der Waals surface area contributed by atoms with Crippen LogP contribution < -0.4 is 5.32 Å².